The van der Waals surface area contributed by atoms with Crippen LogP contribution in [0.25, 0.3) is 0 Å². The standard InChI is InChI=1S/C10H17F2NO4S/c1-13(18(16,17)9(11)12)10(7-8(14)15)5-3-2-4-6-10/h9H,2-7H2,1H3,(H,14,15). The van der Waals surface area contributed by atoms with Crippen molar-refractivity contribution in [2.45, 2.75) is 49.8 Å². The smallest absolute Gasteiger partial charge is 0.350 e. The van der Waals surface area contributed by atoms with E-state index in [1.807, 2.05) is 0 Å². The molecule has 0 atom stereocenters. The number of sulfonamides is 1. The topological polar surface area (TPSA) is 74.7 Å². The number of rotatable bonds is 5. The van der Waals surface area contributed by atoms with Crippen molar-refractivity contribution in [1.82, 2.24) is 4.31 Å². The van der Waals surface area contributed by atoms with Crippen molar-refractivity contribution in [1.29, 1.82) is 0 Å². The number of alkyl halides is 2. The van der Waals surface area contributed by atoms with Gasteiger partial charge in [0.25, 0.3) is 10.0 Å². The Morgan fingerprint density at radius 2 is 1.83 bits per heavy atom. The number of hydrogen-bond acceptors (Lipinski definition) is 3. The second-order valence-corrected chi connectivity index (χ2v) is 6.56. The number of carboxylic acid groups (broad SMARTS) is 1. The molecule has 0 spiro atoms. The number of nitrogens with zero attached hydrogens (tertiary/aromatic N) is 1. The Bertz CT molecular complexity index is 404. The molecule has 0 bridgehead atoms. The van der Waals surface area contributed by atoms with Crippen LogP contribution >= 0.6 is 0 Å². The van der Waals surface area contributed by atoms with Gasteiger partial charge in [0, 0.05) is 12.6 Å². The molecule has 0 unspecified atom stereocenters. The van der Waals surface area contributed by atoms with Crippen LogP contribution in [0.5, 0.6) is 0 Å². The number of aliphatic carboxylic acids is 1. The van der Waals surface area contributed by atoms with Gasteiger partial charge in [-0.3, -0.25) is 4.79 Å². The highest BCUT2D eigenvalue weighted by atomic mass is 32.2. The first-order chi connectivity index (χ1) is 8.22. The maximum Gasteiger partial charge on any atom is 0.350 e. The van der Waals surface area contributed by atoms with Crippen molar-refractivity contribution in [2.75, 3.05) is 7.05 Å². The van der Waals surface area contributed by atoms with Gasteiger partial charge in [0.1, 0.15) is 0 Å². The van der Waals surface area contributed by atoms with Crippen molar-refractivity contribution in [3.8, 4) is 0 Å². The SMILES string of the molecule is CN(C1(CC(=O)O)CCCCC1)S(=O)(=O)C(F)F. The fourth-order valence-corrected chi connectivity index (χ4v) is 3.51. The molecule has 106 valence electrons. The van der Waals surface area contributed by atoms with Crippen LogP contribution in [0, 0.1) is 0 Å². The summed E-state index contributed by atoms with van der Waals surface area (Å²) in [5.41, 5.74) is -1.21. The van der Waals surface area contributed by atoms with Gasteiger partial charge in [0.05, 0.1) is 6.42 Å². The number of carboxylic acids is 1. The Labute approximate surface area is 105 Å². The third kappa shape index (κ3) is 2.97. The summed E-state index contributed by atoms with van der Waals surface area (Å²) in [5.74, 6) is -4.69. The zero-order valence-electron chi connectivity index (χ0n) is 10.1. The predicted octanol–water partition coefficient (Wildman–Crippen LogP) is 1.65. The van der Waals surface area contributed by atoms with Gasteiger partial charge in [-0.15, -0.1) is 0 Å². The summed E-state index contributed by atoms with van der Waals surface area (Å²) in [5, 5.41) is 8.88. The minimum absolute atomic E-state index is 0.307. The van der Waals surface area contributed by atoms with Crippen LogP contribution in [0.4, 0.5) is 8.78 Å². The predicted molar refractivity (Wildman–Crippen MR) is 60.8 cm³/mol. The van der Waals surface area contributed by atoms with Gasteiger partial charge >= 0.3 is 11.7 Å². The Morgan fingerprint density at radius 1 is 1.33 bits per heavy atom. The highest BCUT2D eigenvalue weighted by molar-refractivity contribution is 7.89. The van der Waals surface area contributed by atoms with Gasteiger partial charge in [0.15, 0.2) is 0 Å². The van der Waals surface area contributed by atoms with E-state index in [9.17, 15) is 22.0 Å². The van der Waals surface area contributed by atoms with Crippen LogP contribution in [0.2, 0.25) is 0 Å². The molecule has 0 aromatic rings. The maximum atomic E-state index is 12.5. The average Bonchev–Trinajstić information content (AvgIpc) is 2.28. The zero-order valence-corrected chi connectivity index (χ0v) is 10.9. The summed E-state index contributed by atoms with van der Waals surface area (Å²) in [6, 6.07) is 0. The summed E-state index contributed by atoms with van der Waals surface area (Å²) >= 11 is 0. The minimum atomic E-state index is -4.74. The van der Waals surface area contributed by atoms with E-state index in [1.54, 1.807) is 0 Å². The molecule has 1 aliphatic carbocycles. The first-order valence-corrected chi connectivity index (χ1v) is 7.20. The van der Waals surface area contributed by atoms with Crippen molar-refractivity contribution >= 4 is 16.0 Å². The Hall–Kier alpha value is -0.760. The third-order valence-electron chi connectivity index (χ3n) is 3.54. The van der Waals surface area contributed by atoms with Crippen LogP contribution < -0.4 is 0 Å². The molecule has 1 N–H and O–H groups in total. The van der Waals surface area contributed by atoms with Crippen LogP contribution in [0.15, 0.2) is 0 Å². The molecule has 0 aromatic heterocycles. The second-order valence-electron chi connectivity index (χ2n) is 4.63. The quantitative estimate of drug-likeness (QED) is 0.833. The van der Waals surface area contributed by atoms with Crippen molar-refractivity contribution in [2.24, 2.45) is 0 Å². The number of halogens is 2. The first-order valence-electron chi connectivity index (χ1n) is 5.70. The number of hydrogen-bond donors (Lipinski definition) is 1. The van der Waals surface area contributed by atoms with Crippen LogP contribution in [0.1, 0.15) is 38.5 Å². The molecular formula is C10H17F2NO4S. The molecule has 1 fully saturated rings. The minimum Gasteiger partial charge on any atom is -0.481 e. The monoisotopic (exact) mass is 285 g/mol. The molecule has 1 rings (SSSR count). The highest BCUT2D eigenvalue weighted by Gasteiger charge is 2.46. The molecule has 8 heteroatoms. The largest absolute Gasteiger partial charge is 0.481 e. The fourth-order valence-electron chi connectivity index (χ4n) is 2.48. The van der Waals surface area contributed by atoms with Gasteiger partial charge in [-0.05, 0) is 12.8 Å². The molecule has 0 amide bonds. The van der Waals surface area contributed by atoms with Crippen LogP contribution in [-0.2, 0) is 14.8 Å². The average molecular weight is 285 g/mol. The Morgan fingerprint density at radius 3 is 2.22 bits per heavy atom. The summed E-state index contributed by atoms with van der Waals surface area (Å²) in [6.07, 6.45) is 2.34. The Kier molecular flexibility index (Phi) is 4.66. The molecule has 5 nitrogen and oxygen atoms in total. The van der Waals surface area contributed by atoms with E-state index in [0.29, 0.717) is 30.0 Å². The van der Waals surface area contributed by atoms with Crippen molar-refractivity contribution in [3.05, 3.63) is 0 Å². The lowest BCUT2D eigenvalue weighted by Gasteiger charge is -2.42. The van der Waals surface area contributed by atoms with E-state index in [4.69, 9.17) is 5.11 Å². The van der Waals surface area contributed by atoms with Gasteiger partial charge in [-0.2, -0.15) is 13.1 Å². The normalized spacial score (nSPS) is 20.3. The van der Waals surface area contributed by atoms with Gasteiger partial charge < -0.3 is 5.11 Å². The summed E-state index contributed by atoms with van der Waals surface area (Å²) in [6.45, 7) is 0. The molecule has 1 aliphatic rings. The van der Waals surface area contributed by atoms with E-state index in [-0.39, 0.29) is 0 Å². The molecule has 0 saturated heterocycles. The molecule has 0 aromatic carbocycles. The van der Waals surface area contributed by atoms with Gasteiger partial charge in [-0.25, -0.2) is 8.42 Å². The summed E-state index contributed by atoms with van der Waals surface area (Å²) < 4.78 is 48.7. The lowest BCUT2D eigenvalue weighted by atomic mass is 9.79. The number of carbonyl (C=O) groups is 1. The van der Waals surface area contributed by atoms with E-state index < -0.39 is 33.7 Å². The van der Waals surface area contributed by atoms with Crippen molar-refractivity contribution in [3.63, 3.8) is 0 Å². The molecule has 18 heavy (non-hydrogen) atoms. The first kappa shape index (κ1) is 15.3. The lowest BCUT2D eigenvalue weighted by Crippen LogP contribution is -2.53. The molecule has 0 aliphatic heterocycles. The van der Waals surface area contributed by atoms with E-state index in [2.05, 4.69) is 0 Å². The maximum absolute atomic E-state index is 12.5. The lowest BCUT2D eigenvalue weighted by molar-refractivity contribution is -0.140. The van der Waals surface area contributed by atoms with Crippen molar-refractivity contribution < 1.29 is 27.1 Å². The summed E-state index contributed by atoms with van der Waals surface area (Å²) in [4.78, 5) is 10.9. The van der Waals surface area contributed by atoms with Crippen LogP contribution in [0.3, 0.4) is 0 Å². The van der Waals surface area contributed by atoms with Crippen LogP contribution in [-0.4, -0.2) is 42.1 Å². The molecule has 1 saturated carbocycles. The van der Waals surface area contributed by atoms with Gasteiger partial charge in [-0.1, -0.05) is 19.3 Å². The second kappa shape index (κ2) is 5.48. The zero-order chi connectivity index (χ0) is 14.0. The highest BCUT2D eigenvalue weighted by Crippen LogP contribution is 2.38. The van der Waals surface area contributed by atoms with E-state index >= 15 is 0 Å². The van der Waals surface area contributed by atoms with Gasteiger partial charge in [0.2, 0.25) is 0 Å². The Balaban J connectivity index is 3.07. The van der Waals surface area contributed by atoms with E-state index in [0.717, 1.165) is 13.5 Å². The third-order valence-corrected chi connectivity index (χ3v) is 5.14. The molecular weight excluding hydrogens is 268 g/mol. The fraction of sp³-hybridized carbons (Fsp3) is 0.900. The molecule has 0 heterocycles. The molecule has 0 radical (unpaired) electrons. The summed E-state index contributed by atoms with van der Waals surface area (Å²) in [7, 11) is -3.69. The van der Waals surface area contributed by atoms with E-state index in [1.165, 1.54) is 0 Å².